The molecule has 0 saturated carbocycles. The summed E-state index contributed by atoms with van der Waals surface area (Å²) in [6.07, 6.45) is 4.70. The van der Waals surface area contributed by atoms with Crippen molar-refractivity contribution in [2.45, 2.75) is 36.4 Å². The van der Waals surface area contributed by atoms with Crippen LogP contribution in [0, 0.1) is 0 Å². The van der Waals surface area contributed by atoms with Crippen LogP contribution in [0.5, 0.6) is 0 Å². The lowest BCUT2D eigenvalue weighted by Gasteiger charge is -2.29. The molecule has 1 heterocycles. The van der Waals surface area contributed by atoms with Gasteiger partial charge in [-0.25, -0.2) is 0 Å². The first-order valence-electron chi connectivity index (χ1n) is 4.70. The highest BCUT2D eigenvalue weighted by Gasteiger charge is 2.25. The Morgan fingerprint density at radius 2 is 2.15 bits per heavy atom. The lowest BCUT2D eigenvalue weighted by molar-refractivity contribution is 0.0587. The fourth-order valence-electron chi connectivity index (χ4n) is 1.41. The van der Waals surface area contributed by atoms with Gasteiger partial charge in [0, 0.05) is 0 Å². The van der Waals surface area contributed by atoms with Crippen molar-refractivity contribution < 1.29 is 5.11 Å². The van der Waals surface area contributed by atoms with Crippen LogP contribution in [-0.2, 0) is 0 Å². The SMILES string of the molecule is C=CC[C@](C)(O)CC1SCCCS1. The Hall–Kier alpha value is 0.400. The van der Waals surface area contributed by atoms with Crippen molar-refractivity contribution >= 4 is 23.5 Å². The van der Waals surface area contributed by atoms with Gasteiger partial charge in [-0.2, -0.15) is 0 Å². The molecule has 0 bridgehead atoms. The minimum absolute atomic E-state index is 0.552. The van der Waals surface area contributed by atoms with E-state index in [1.807, 2.05) is 30.4 Å². The third-order valence-corrected chi connectivity index (χ3v) is 5.03. The smallest absolute Gasteiger partial charge is 0.0672 e. The largest absolute Gasteiger partial charge is 0.390 e. The van der Waals surface area contributed by atoms with Gasteiger partial charge in [0.1, 0.15) is 0 Å². The maximum atomic E-state index is 9.97. The molecule has 1 fully saturated rings. The third kappa shape index (κ3) is 4.43. The molecule has 1 aliphatic rings. The van der Waals surface area contributed by atoms with Gasteiger partial charge in [0.05, 0.1) is 10.2 Å². The molecule has 0 aromatic heterocycles. The van der Waals surface area contributed by atoms with Gasteiger partial charge < -0.3 is 5.11 Å². The summed E-state index contributed by atoms with van der Waals surface area (Å²) in [6, 6.07) is 0. The zero-order valence-electron chi connectivity index (χ0n) is 8.16. The molecule has 0 amide bonds. The van der Waals surface area contributed by atoms with E-state index < -0.39 is 5.60 Å². The molecular weight excluding hydrogens is 200 g/mol. The van der Waals surface area contributed by atoms with Gasteiger partial charge in [0.15, 0.2) is 0 Å². The third-order valence-electron chi connectivity index (χ3n) is 2.09. The van der Waals surface area contributed by atoms with E-state index >= 15 is 0 Å². The van der Waals surface area contributed by atoms with Crippen molar-refractivity contribution in [3.8, 4) is 0 Å². The zero-order chi connectivity index (χ0) is 9.73. The molecule has 1 nitrogen and oxygen atoms in total. The average Bonchev–Trinajstić information content (AvgIpc) is 2.04. The second-order valence-corrected chi connectivity index (χ2v) is 6.64. The number of aliphatic hydroxyl groups is 1. The fourth-order valence-corrected chi connectivity index (χ4v) is 4.65. The van der Waals surface area contributed by atoms with E-state index in [1.165, 1.54) is 17.9 Å². The minimum Gasteiger partial charge on any atom is -0.390 e. The Kier molecular flexibility index (Phi) is 4.70. The number of rotatable bonds is 4. The normalized spacial score (nSPS) is 23.8. The van der Waals surface area contributed by atoms with E-state index in [9.17, 15) is 5.11 Å². The van der Waals surface area contributed by atoms with E-state index in [1.54, 1.807) is 6.08 Å². The molecule has 0 aromatic carbocycles. The van der Waals surface area contributed by atoms with Gasteiger partial charge in [0.2, 0.25) is 0 Å². The Morgan fingerprint density at radius 3 is 2.69 bits per heavy atom. The maximum Gasteiger partial charge on any atom is 0.0672 e. The van der Waals surface area contributed by atoms with E-state index in [2.05, 4.69) is 6.58 Å². The quantitative estimate of drug-likeness (QED) is 0.733. The summed E-state index contributed by atoms with van der Waals surface area (Å²) in [4.78, 5) is 0. The van der Waals surface area contributed by atoms with Crippen molar-refractivity contribution in [1.29, 1.82) is 0 Å². The van der Waals surface area contributed by atoms with Crippen molar-refractivity contribution in [3.05, 3.63) is 12.7 Å². The molecule has 1 N–H and O–H groups in total. The summed E-state index contributed by atoms with van der Waals surface area (Å²) in [7, 11) is 0. The van der Waals surface area contributed by atoms with Crippen LogP contribution in [-0.4, -0.2) is 26.8 Å². The van der Waals surface area contributed by atoms with Gasteiger partial charge in [-0.05, 0) is 37.7 Å². The van der Waals surface area contributed by atoms with Crippen LogP contribution in [0.4, 0.5) is 0 Å². The van der Waals surface area contributed by atoms with E-state index in [0.29, 0.717) is 11.0 Å². The molecule has 0 aliphatic carbocycles. The number of hydrogen-bond acceptors (Lipinski definition) is 3. The second-order valence-electron chi connectivity index (χ2n) is 3.72. The summed E-state index contributed by atoms with van der Waals surface area (Å²) in [5, 5.41) is 9.97. The monoisotopic (exact) mass is 218 g/mol. The van der Waals surface area contributed by atoms with Crippen molar-refractivity contribution in [3.63, 3.8) is 0 Å². The average molecular weight is 218 g/mol. The van der Waals surface area contributed by atoms with Gasteiger partial charge in [0.25, 0.3) is 0 Å². The fraction of sp³-hybridized carbons (Fsp3) is 0.800. The molecule has 0 aromatic rings. The van der Waals surface area contributed by atoms with Crippen LogP contribution in [0.3, 0.4) is 0 Å². The molecule has 76 valence electrons. The predicted molar refractivity (Wildman–Crippen MR) is 63.4 cm³/mol. The maximum absolute atomic E-state index is 9.97. The molecule has 0 spiro atoms. The first kappa shape index (κ1) is 11.5. The van der Waals surface area contributed by atoms with Crippen LogP contribution in [0.2, 0.25) is 0 Å². The van der Waals surface area contributed by atoms with Gasteiger partial charge in [-0.1, -0.05) is 6.08 Å². The Balaban J connectivity index is 2.32. The topological polar surface area (TPSA) is 20.2 Å². The second kappa shape index (κ2) is 5.32. The molecule has 1 aliphatic heterocycles. The van der Waals surface area contributed by atoms with Gasteiger partial charge in [-0.3, -0.25) is 0 Å². The molecule has 3 heteroatoms. The zero-order valence-corrected chi connectivity index (χ0v) is 9.79. The lowest BCUT2D eigenvalue weighted by Crippen LogP contribution is -2.28. The highest BCUT2D eigenvalue weighted by atomic mass is 32.2. The van der Waals surface area contributed by atoms with Gasteiger partial charge >= 0.3 is 0 Å². The molecule has 0 unspecified atom stereocenters. The highest BCUT2D eigenvalue weighted by molar-refractivity contribution is 8.17. The Labute approximate surface area is 89.4 Å². The summed E-state index contributed by atoms with van der Waals surface area (Å²) >= 11 is 3.97. The number of thioether (sulfide) groups is 2. The summed E-state index contributed by atoms with van der Waals surface area (Å²) < 4.78 is 0.587. The standard InChI is InChI=1S/C10H18OS2/c1-3-5-10(2,11)8-9-12-6-4-7-13-9/h3,9,11H,1,4-8H2,2H3/t10-/m0/s1. The first-order chi connectivity index (χ1) is 6.14. The van der Waals surface area contributed by atoms with Crippen molar-refractivity contribution in [1.82, 2.24) is 0 Å². The van der Waals surface area contributed by atoms with Crippen LogP contribution in [0.1, 0.15) is 26.2 Å². The van der Waals surface area contributed by atoms with E-state index in [-0.39, 0.29) is 0 Å². The van der Waals surface area contributed by atoms with E-state index in [4.69, 9.17) is 0 Å². The first-order valence-corrected chi connectivity index (χ1v) is 6.80. The van der Waals surface area contributed by atoms with Crippen molar-refractivity contribution in [2.75, 3.05) is 11.5 Å². The summed E-state index contributed by atoms with van der Waals surface area (Å²) in [6.45, 7) is 5.57. The number of hydrogen-bond donors (Lipinski definition) is 1. The van der Waals surface area contributed by atoms with Gasteiger partial charge in [-0.15, -0.1) is 30.1 Å². The Bertz CT molecular complexity index is 162. The van der Waals surface area contributed by atoms with E-state index in [0.717, 1.165) is 6.42 Å². The van der Waals surface area contributed by atoms with Crippen molar-refractivity contribution in [2.24, 2.45) is 0 Å². The Morgan fingerprint density at radius 1 is 1.54 bits per heavy atom. The molecule has 1 saturated heterocycles. The summed E-state index contributed by atoms with van der Waals surface area (Å²) in [5.74, 6) is 2.50. The molecule has 1 rings (SSSR count). The lowest BCUT2D eigenvalue weighted by atomic mass is 9.99. The molecule has 13 heavy (non-hydrogen) atoms. The minimum atomic E-state index is -0.552. The predicted octanol–water partition coefficient (Wildman–Crippen LogP) is 2.90. The van der Waals surface area contributed by atoms with Crippen LogP contribution in [0.25, 0.3) is 0 Å². The van der Waals surface area contributed by atoms with Crippen LogP contribution < -0.4 is 0 Å². The van der Waals surface area contributed by atoms with Crippen LogP contribution >= 0.6 is 23.5 Å². The molecule has 1 atom stereocenters. The summed E-state index contributed by atoms with van der Waals surface area (Å²) in [5.41, 5.74) is -0.552. The van der Waals surface area contributed by atoms with Crippen LogP contribution in [0.15, 0.2) is 12.7 Å². The highest BCUT2D eigenvalue weighted by Crippen LogP contribution is 2.36. The molecular formula is C10H18OS2. The molecule has 0 radical (unpaired) electrons.